The molecule has 0 radical (unpaired) electrons. The van der Waals surface area contributed by atoms with E-state index in [2.05, 4.69) is 19.2 Å². The fourth-order valence-corrected chi connectivity index (χ4v) is 2.03. The zero-order chi connectivity index (χ0) is 15.9. The van der Waals surface area contributed by atoms with Crippen LogP contribution in [0.1, 0.15) is 31.7 Å². The van der Waals surface area contributed by atoms with Crippen LogP contribution in [-0.4, -0.2) is 12.5 Å². The topological polar surface area (TPSA) is 38.3 Å². The standard InChI is InChI=1S/C18H20FNO2/c1-3-13(2)14-7-9-16(10-8-14)20-18(21)12-22-17-6-4-5-15(19)11-17/h4-11,13H,3,12H2,1-2H3,(H,20,21). The van der Waals surface area contributed by atoms with Crippen LogP contribution < -0.4 is 10.1 Å². The monoisotopic (exact) mass is 301 g/mol. The fraction of sp³-hybridized carbons (Fsp3) is 0.278. The molecule has 2 aromatic rings. The predicted octanol–water partition coefficient (Wildman–Crippen LogP) is 4.36. The number of rotatable bonds is 6. The van der Waals surface area contributed by atoms with Gasteiger partial charge in [-0.3, -0.25) is 4.79 Å². The van der Waals surface area contributed by atoms with Gasteiger partial charge in [-0.1, -0.05) is 32.0 Å². The average molecular weight is 301 g/mol. The summed E-state index contributed by atoms with van der Waals surface area (Å²) in [5, 5.41) is 2.75. The molecule has 0 fully saturated rings. The molecule has 0 aliphatic heterocycles. The van der Waals surface area contributed by atoms with E-state index in [4.69, 9.17) is 4.74 Å². The van der Waals surface area contributed by atoms with E-state index >= 15 is 0 Å². The van der Waals surface area contributed by atoms with Crippen molar-refractivity contribution in [2.24, 2.45) is 0 Å². The van der Waals surface area contributed by atoms with Crippen molar-refractivity contribution in [1.82, 2.24) is 0 Å². The molecule has 2 aromatic carbocycles. The smallest absolute Gasteiger partial charge is 0.262 e. The molecule has 2 rings (SSSR count). The first-order valence-corrected chi connectivity index (χ1v) is 7.36. The molecule has 1 atom stereocenters. The van der Waals surface area contributed by atoms with Crippen LogP contribution in [-0.2, 0) is 4.79 Å². The number of carbonyl (C=O) groups is 1. The Morgan fingerprint density at radius 3 is 2.59 bits per heavy atom. The number of anilines is 1. The van der Waals surface area contributed by atoms with Crippen LogP contribution >= 0.6 is 0 Å². The molecular weight excluding hydrogens is 281 g/mol. The van der Waals surface area contributed by atoms with Crippen LogP contribution in [0.5, 0.6) is 5.75 Å². The molecule has 0 aliphatic carbocycles. The SMILES string of the molecule is CCC(C)c1ccc(NC(=O)COc2cccc(F)c2)cc1. The first-order chi connectivity index (χ1) is 10.6. The Kier molecular flexibility index (Phi) is 5.53. The molecule has 3 nitrogen and oxygen atoms in total. The summed E-state index contributed by atoms with van der Waals surface area (Å²) in [5.41, 5.74) is 1.97. The first-order valence-electron chi connectivity index (χ1n) is 7.36. The van der Waals surface area contributed by atoms with Crippen molar-refractivity contribution in [3.8, 4) is 5.75 Å². The van der Waals surface area contributed by atoms with Gasteiger partial charge in [-0.25, -0.2) is 4.39 Å². The van der Waals surface area contributed by atoms with Crippen molar-refractivity contribution in [3.05, 3.63) is 59.9 Å². The molecule has 1 N–H and O–H groups in total. The predicted molar refractivity (Wildman–Crippen MR) is 85.7 cm³/mol. The van der Waals surface area contributed by atoms with Gasteiger partial charge in [0.25, 0.3) is 5.91 Å². The van der Waals surface area contributed by atoms with Gasteiger partial charge < -0.3 is 10.1 Å². The van der Waals surface area contributed by atoms with Gasteiger partial charge in [0.2, 0.25) is 0 Å². The van der Waals surface area contributed by atoms with E-state index in [-0.39, 0.29) is 12.5 Å². The number of carbonyl (C=O) groups excluding carboxylic acids is 1. The number of benzene rings is 2. The van der Waals surface area contributed by atoms with Gasteiger partial charge in [-0.15, -0.1) is 0 Å². The lowest BCUT2D eigenvalue weighted by Crippen LogP contribution is -2.20. The number of hydrogen-bond acceptors (Lipinski definition) is 2. The minimum absolute atomic E-state index is 0.156. The van der Waals surface area contributed by atoms with Crippen LogP contribution in [0.4, 0.5) is 10.1 Å². The lowest BCUT2D eigenvalue weighted by Gasteiger charge is -2.11. The zero-order valence-electron chi connectivity index (χ0n) is 12.8. The number of hydrogen-bond donors (Lipinski definition) is 1. The number of halogens is 1. The van der Waals surface area contributed by atoms with Gasteiger partial charge in [0.1, 0.15) is 11.6 Å². The summed E-state index contributed by atoms with van der Waals surface area (Å²) in [6, 6.07) is 13.5. The summed E-state index contributed by atoms with van der Waals surface area (Å²) in [7, 11) is 0. The normalized spacial score (nSPS) is 11.8. The third-order valence-corrected chi connectivity index (χ3v) is 3.54. The summed E-state index contributed by atoms with van der Waals surface area (Å²) >= 11 is 0. The second-order valence-electron chi connectivity index (χ2n) is 5.23. The summed E-state index contributed by atoms with van der Waals surface area (Å²) in [6.45, 7) is 4.15. The Balaban J connectivity index is 1.86. The molecule has 0 heterocycles. The van der Waals surface area contributed by atoms with Gasteiger partial charge in [-0.05, 0) is 42.2 Å². The third kappa shape index (κ3) is 4.58. The Morgan fingerprint density at radius 2 is 1.95 bits per heavy atom. The van der Waals surface area contributed by atoms with Crippen LogP contribution in [0, 0.1) is 5.82 Å². The maximum atomic E-state index is 13.0. The molecular formula is C18H20FNO2. The summed E-state index contributed by atoms with van der Waals surface area (Å²) < 4.78 is 18.2. The first kappa shape index (κ1) is 16.0. The van der Waals surface area contributed by atoms with Crippen molar-refractivity contribution in [3.63, 3.8) is 0 Å². The van der Waals surface area contributed by atoms with Crippen molar-refractivity contribution >= 4 is 11.6 Å². The Morgan fingerprint density at radius 1 is 1.23 bits per heavy atom. The molecule has 0 bridgehead atoms. The Bertz CT molecular complexity index is 625. The van der Waals surface area contributed by atoms with Crippen LogP contribution in [0.25, 0.3) is 0 Å². The minimum Gasteiger partial charge on any atom is -0.484 e. The van der Waals surface area contributed by atoms with E-state index in [1.54, 1.807) is 6.07 Å². The maximum absolute atomic E-state index is 13.0. The van der Waals surface area contributed by atoms with Gasteiger partial charge in [0, 0.05) is 11.8 Å². The van der Waals surface area contributed by atoms with Crippen molar-refractivity contribution in [2.45, 2.75) is 26.2 Å². The molecule has 0 saturated heterocycles. The molecule has 0 aromatic heterocycles. The number of nitrogens with one attached hydrogen (secondary N) is 1. The van der Waals surface area contributed by atoms with Gasteiger partial charge in [0.05, 0.1) is 0 Å². The van der Waals surface area contributed by atoms with Gasteiger partial charge in [0.15, 0.2) is 6.61 Å². The number of ether oxygens (including phenoxy) is 1. The summed E-state index contributed by atoms with van der Waals surface area (Å²) in [4.78, 5) is 11.8. The zero-order valence-corrected chi connectivity index (χ0v) is 12.8. The highest BCUT2D eigenvalue weighted by Gasteiger charge is 2.06. The number of amides is 1. The van der Waals surface area contributed by atoms with E-state index < -0.39 is 5.82 Å². The van der Waals surface area contributed by atoms with Crippen molar-refractivity contribution < 1.29 is 13.9 Å². The highest BCUT2D eigenvalue weighted by Crippen LogP contribution is 2.20. The lowest BCUT2D eigenvalue weighted by atomic mass is 9.99. The summed E-state index contributed by atoms with van der Waals surface area (Å²) in [5.74, 6) is 0.169. The summed E-state index contributed by atoms with van der Waals surface area (Å²) in [6.07, 6.45) is 1.08. The molecule has 0 spiro atoms. The van der Waals surface area contributed by atoms with Crippen LogP contribution in [0.3, 0.4) is 0 Å². The Labute approximate surface area is 130 Å². The van der Waals surface area contributed by atoms with Crippen molar-refractivity contribution in [2.75, 3.05) is 11.9 Å². The molecule has 4 heteroatoms. The second kappa shape index (κ2) is 7.59. The highest BCUT2D eigenvalue weighted by molar-refractivity contribution is 5.91. The highest BCUT2D eigenvalue weighted by atomic mass is 19.1. The molecule has 1 unspecified atom stereocenters. The molecule has 0 saturated carbocycles. The fourth-order valence-electron chi connectivity index (χ4n) is 2.03. The van der Waals surface area contributed by atoms with Crippen LogP contribution in [0.15, 0.2) is 48.5 Å². The van der Waals surface area contributed by atoms with Crippen molar-refractivity contribution in [1.29, 1.82) is 0 Å². The quantitative estimate of drug-likeness (QED) is 0.861. The molecule has 0 aliphatic rings. The lowest BCUT2D eigenvalue weighted by molar-refractivity contribution is -0.118. The van der Waals surface area contributed by atoms with Crippen LogP contribution in [0.2, 0.25) is 0 Å². The van der Waals surface area contributed by atoms with E-state index in [0.717, 1.165) is 12.1 Å². The molecule has 116 valence electrons. The molecule has 1 amide bonds. The van der Waals surface area contributed by atoms with E-state index in [0.29, 0.717) is 11.7 Å². The van der Waals surface area contributed by atoms with E-state index in [1.807, 2.05) is 24.3 Å². The minimum atomic E-state index is -0.390. The average Bonchev–Trinajstić information content (AvgIpc) is 2.53. The molecule has 22 heavy (non-hydrogen) atoms. The van der Waals surface area contributed by atoms with E-state index in [9.17, 15) is 9.18 Å². The third-order valence-electron chi connectivity index (χ3n) is 3.54. The van der Waals surface area contributed by atoms with Gasteiger partial charge in [-0.2, -0.15) is 0 Å². The van der Waals surface area contributed by atoms with Gasteiger partial charge >= 0.3 is 0 Å². The Hall–Kier alpha value is -2.36. The largest absolute Gasteiger partial charge is 0.484 e. The second-order valence-corrected chi connectivity index (χ2v) is 5.23. The van der Waals surface area contributed by atoms with E-state index in [1.165, 1.54) is 23.8 Å². The maximum Gasteiger partial charge on any atom is 0.262 e.